The smallest absolute Gasteiger partial charge is 0.309 e. The first kappa shape index (κ1) is 19.7. The van der Waals surface area contributed by atoms with Crippen LogP contribution in [0.2, 0.25) is 0 Å². The molecule has 7 heteroatoms. The highest BCUT2D eigenvalue weighted by atomic mass is 16.5. The Balaban J connectivity index is 1.50. The molecule has 1 fully saturated rings. The molecule has 2 heterocycles. The van der Waals surface area contributed by atoms with Crippen LogP contribution in [0.4, 0.5) is 5.69 Å². The fraction of sp³-hybridized carbons (Fsp3) is 0.381. The Morgan fingerprint density at radius 3 is 2.39 bits per heavy atom. The first-order valence-electron chi connectivity index (χ1n) is 9.33. The third-order valence-corrected chi connectivity index (χ3v) is 4.96. The number of hydrogen-bond donors (Lipinski definition) is 0. The number of nitrogens with zero attached hydrogens (tertiary/aromatic N) is 2. The van der Waals surface area contributed by atoms with Crippen molar-refractivity contribution in [1.29, 1.82) is 0 Å². The summed E-state index contributed by atoms with van der Waals surface area (Å²) in [6.45, 7) is 2.48. The van der Waals surface area contributed by atoms with Crippen LogP contribution in [-0.4, -0.2) is 48.9 Å². The highest BCUT2D eigenvalue weighted by molar-refractivity contribution is 5.97. The van der Waals surface area contributed by atoms with E-state index in [1.54, 1.807) is 31.0 Å². The molecule has 1 aromatic carbocycles. The van der Waals surface area contributed by atoms with Gasteiger partial charge in [-0.05, 0) is 44.0 Å². The van der Waals surface area contributed by atoms with Crippen molar-refractivity contribution in [2.75, 3.05) is 25.0 Å². The number of carbonyl (C=O) groups excluding carboxylic acids is 3. The lowest BCUT2D eigenvalue weighted by Crippen LogP contribution is -2.42. The van der Waals surface area contributed by atoms with Crippen LogP contribution >= 0.6 is 0 Å². The molecule has 0 bridgehead atoms. The molecule has 1 aliphatic heterocycles. The Bertz CT molecular complexity index is 811. The molecule has 1 aliphatic rings. The maximum Gasteiger partial charge on any atom is 0.309 e. The van der Waals surface area contributed by atoms with E-state index < -0.39 is 12.1 Å². The fourth-order valence-corrected chi connectivity index (χ4v) is 3.25. The van der Waals surface area contributed by atoms with Gasteiger partial charge in [-0.1, -0.05) is 18.2 Å². The number of benzene rings is 1. The summed E-state index contributed by atoms with van der Waals surface area (Å²) in [5.74, 6) is -0.885. The van der Waals surface area contributed by atoms with Gasteiger partial charge >= 0.3 is 5.97 Å². The van der Waals surface area contributed by atoms with Gasteiger partial charge in [0, 0.05) is 25.8 Å². The van der Waals surface area contributed by atoms with Crippen molar-refractivity contribution in [2.45, 2.75) is 25.9 Å². The van der Waals surface area contributed by atoms with Crippen LogP contribution in [0.1, 0.15) is 30.3 Å². The zero-order chi connectivity index (χ0) is 20.1. The van der Waals surface area contributed by atoms with Crippen LogP contribution in [0.25, 0.3) is 0 Å². The summed E-state index contributed by atoms with van der Waals surface area (Å²) in [6.07, 6.45) is 1.59. The molecule has 1 atom stereocenters. The predicted octanol–water partition coefficient (Wildman–Crippen LogP) is 2.73. The minimum absolute atomic E-state index is 0.176. The van der Waals surface area contributed by atoms with E-state index in [2.05, 4.69) is 0 Å². The number of furan rings is 1. The predicted molar refractivity (Wildman–Crippen MR) is 103 cm³/mol. The van der Waals surface area contributed by atoms with Gasteiger partial charge in [0.2, 0.25) is 0 Å². The third kappa shape index (κ3) is 4.42. The Kier molecular flexibility index (Phi) is 6.13. The number of likely N-dealkylation sites (tertiary alicyclic amines) is 1. The molecule has 3 rings (SSSR count). The van der Waals surface area contributed by atoms with Crippen molar-refractivity contribution in [2.24, 2.45) is 5.92 Å². The van der Waals surface area contributed by atoms with Crippen LogP contribution in [0.15, 0.2) is 53.1 Å². The second-order valence-electron chi connectivity index (χ2n) is 6.86. The van der Waals surface area contributed by atoms with Gasteiger partial charge in [0.05, 0.1) is 12.2 Å². The van der Waals surface area contributed by atoms with E-state index in [0.29, 0.717) is 31.7 Å². The van der Waals surface area contributed by atoms with Crippen molar-refractivity contribution in [3.63, 3.8) is 0 Å². The van der Waals surface area contributed by atoms with Crippen LogP contribution in [0, 0.1) is 5.92 Å². The van der Waals surface area contributed by atoms with Crippen LogP contribution in [0.5, 0.6) is 0 Å². The maximum absolute atomic E-state index is 12.5. The van der Waals surface area contributed by atoms with E-state index in [1.807, 2.05) is 30.3 Å². The number of amides is 2. The zero-order valence-electron chi connectivity index (χ0n) is 16.0. The molecular weight excluding hydrogens is 360 g/mol. The van der Waals surface area contributed by atoms with Crippen molar-refractivity contribution in [3.8, 4) is 0 Å². The molecule has 0 aliphatic carbocycles. The second kappa shape index (κ2) is 8.73. The summed E-state index contributed by atoms with van der Waals surface area (Å²) in [4.78, 5) is 40.4. The number of piperidine rings is 1. The van der Waals surface area contributed by atoms with E-state index >= 15 is 0 Å². The lowest BCUT2D eigenvalue weighted by molar-refractivity contribution is -0.159. The quantitative estimate of drug-likeness (QED) is 0.741. The maximum atomic E-state index is 12.5. The first-order valence-corrected chi connectivity index (χ1v) is 9.33. The largest absolute Gasteiger partial charge is 0.459 e. The van der Waals surface area contributed by atoms with E-state index in [4.69, 9.17) is 9.15 Å². The molecule has 0 spiro atoms. The highest BCUT2D eigenvalue weighted by Gasteiger charge is 2.32. The average Bonchev–Trinajstić information content (AvgIpc) is 3.27. The molecule has 2 aromatic rings. The van der Waals surface area contributed by atoms with Gasteiger partial charge in [-0.15, -0.1) is 0 Å². The van der Waals surface area contributed by atoms with E-state index in [0.717, 1.165) is 5.69 Å². The second-order valence-corrected chi connectivity index (χ2v) is 6.86. The first-order chi connectivity index (χ1) is 13.5. The van der Waals surface area contributed by atoms with Gasteiger partial charge in [-0.25, -0.2) is 0 Å². The van der Waals surface area contributed by atoms with E-state index in [-0.39, 0.29) is 17.7 Å². The third-order valence-electron chi connectivity index (χ3n) is 4.96. The molecule has 1 aromatic heterocycles. The summed E-state index contributed by atoms with van der Waals surface area (Å²) in [5.41, 5.74) is 0.736. The lowest BCUT2D eigenvalue weighted by atomic mass is 9.97. The topological polar surface area (TPSA) is 80.1 Å². The van der Waals surface area contributed by atoms with E-state index in [1.165, 1.54) is 11.2 Å². The van der Waals surface area contributed by atoms with Crippen LogP contribution in [-0.2, 0) is 14.3 Å². The van der Waals surface area contributed by atoms with Crippen LogP contribution in [0.3, 0.4) is 0 Å². The number of carbonyl (C=O) groups is 3. The minimum atomic E-state index is -0.875. The van der Waals surface area contributed by atoms with E-state index in [9.17, 15) is 14.4 Å². The van der Waals surface area contributed by atoms with Gasteiger partial charge < -0.3 is 19.0 Å². The Morgan fingerprint density at radius 1 is 1.11 bits per heavy atom. The monoisotopic (exact) mass is 384 g/mol. The number of likely N-dealkylation sites (N-methyl/N-ethyl adjacent to an activating group) is 1. The Labute approximate surface area is 163 Å². The lowest BCUT2D eigenvalue weighted by Gasteiger charge is -2.31. The normalized spacial score (nSPS) is 15.7. The number of para-hydroxylation sites is 1. The van der Waals surface area contributed by atoms with Gasteiger partial charge in [0.15, 0.2) is 11.9 Å². The number of esters is 1. The standard InChI is InChI=1S/C21H24N2O5/c1-15(19(24)22(2)17-7-4-3-5-8-17)28-21(26)16-10-12-23(13-11-16)20(25)18-9-6-14-27-18/h3-9,14-16H,10-13H2,1-2H3/t15-/m0/s1. The summed E-state index contributed by atoms with van der Waals surface area (Å²) in [7, 11) is 1.65. The van der Waals surface area contributed by atoms with Crippen molar-refractivity contribution < 1.29 is 23.5 Å². The molecule has 1 saturated heterocycles. The SMILES string of the molecule is C[C@H](OC(=O)C1CCN(C(=O)c2ccco2)CC1)C(=O)N(C)c1ccccc1. The number of hydrogen-bond acceptors (Lipinski definition) is 5. The summed E-state index contributed by atoms with van der Waals surface area (Å²) in [5, 5.41) is 0. The Hall–Kier alpha value is -3.09. The molecule has 0 radical (unpaired) electrons. The summed E-state index contributed by atoms with van der Waals surface area (Å²) in [6, 6.07) is 12.5. The number of ether oxygens (including phenoxy) is 1. The minimum Gasteiger partial charge on any atom is -0.459 e. The van der Waals surface area contributed by atoms with Gasteiger partial charge in [-0.2, -0.15) is 0 Å². The molecular formula is C21H24N2O5. The molecule has 7 nitrogen and oxygen atoms in total. The molecule has 2 amide bonds. The molecule has 28 heavy (non-hydrogen) atoms. The molecule has 0 unspecified atom stereocenters. The van der Waals surface area contributed by atoms with Crippen molar-refractivity contribution in [1.82, 2.24) is 4.90 Å². The summed E-state index contributed by atoms with van der Waals surface area (Å²) < 4.78 is 10.5. The average molecular weight is 384 g/mol. The summed E-state index contributed by atoms with van der Waals surface area (Å²) >= 11 is 0. The van der Waals surface area contributed by atoms with Crippen LogP contribution < -0.4 is 4.90 Å². The molecule has 148 valence electrons. The van der Waals surface area contributed by atoms with Gasteiger partial charge in [0.25, 0.3) is 11.8 Å². The molecule has 0 N–H and O–H groups in total. The zero-order valence-corrected chi connectivity index (χ0v) is 16.0. The van der Waals surface area contributed by atoms with Gasteiger partial charge in [0.1, 0.15) is 0 Å². The highest BCUT2D eigenvalue weighted by Crippen LogP contribution is 2.22. The number of anilines is 1. The molecule has 0 saturated carbocycles. The van der Waals surface area contributed by atoms with Crippen molar-refractivity contribution >= 4 is 23.5 Å². The van der Waals surface area contributed by atoms with Crippen molar-refractivity contribution in [3.05, 3.63) is 54.5 Å². The Morgan fingerprint density at radius 2 is 1.79 bits per heavy atom. The number of rotatable bonds is 5. The fourth-order valence-electron chi connectivity index (χ4n) is 3.25. The van der Waals surface area contributed by atoms with Gasteiger partial charge in [-0.3, -0.25) is 14.4 Å².